The third-order valence-electron chi connectivity index (χ3n) is 14.1. The van der Waals surface area contributed by atoms with Gasteiger partial charge in [0.05, 0.1) is 42.8 Å². The third-order valence-corrected chi connectivity index (χ3v) is 15.8. The average Bonchev–Trinajstić information content (AvgIpc) is 4.16. The minimum Gasteiger partial charge on any atom is -0.354 e. The molecular weight excluding hydrogens is 912 g/mol. The third kappa shape index (κ3) is 17.0. The number of aromatic nitrogens is 4. The Morgan fingerprint density at radius 3 is 0.938 bits per heavy atom. The molecular formula is C58H88Br2N4. The molecule has 0 fully saturated rings. The second kappa shape index (κ2) is 30.8. The number of nitrogens with zero attached hydrogens (tertiary/aromatic N) is 2. The first-order valence-corrected chi connectivity index (χ1v) is 28.5. The van der Waals surface area contributed by atoms with Gasteiger partial charge in [-0.05, 0) is 118 Å². The van der Waals surface area contributed by atoms with E-state index in [0.717, 1.165) is 42.8 Å². The van der Waals surface area contributed by atoms with Gasteiger partial charge in [0.1, 0.15) is 0 Å². The van der Waals surface area contributed by atoms with Crippen molar-refractivity contribution in [3.05, 3.63) is 67.1 Å². The van der Waals surface area contributed by atoms with Crippen molar-refractivity contribution in [1.82, 2.24) is 19.9 Å². The van der Waals surface area contributed by atoms with Crippen molar-refractivity contribution in [2.24, 2.45) is 0 Å². The zero-order chi connectivity index (χ0) is 45.2. The van der Waals surface area contributed by atoms with Crippen LogP contribution >= 0.6 is 31.9 Å². The van der Waals surface area contributed by atoms with Crippen LogP contribution < -0.4 is 0 Å². The SMILES string of the molecule is CCCCCCCCCCC(CCCCCCCC)c1c2nc(c(Br)c3ccc([nH]3)c(C(CCCCCCCC)CCCCCCCCCC)c3ccc([nH]3)c(Br)c3nc1C=C3)C=C2. The summed E-state index contributed by atoms with van der Waals surface area (Å²) in [6, 6.07) is 9.21. The van der Waals surface area contributed by atoms with Crippen molar-refractivity contribution in [3.8, 4) is 0 Å². The van der Waals surface area contributed by atoms with Gasteiger partial charge < -0.3 is 9.97 Å². The minimum absolute atomic E-state index is 0.421. The summed E-state index contributed by atoms with van der Waals surface area (Å²) in [4.78, 5) is 18.8. The molecule has 3 aromatic rings. The van der Waals surface area contributed by atoms with Crippen LogP contribution in [0, 0.1) is 0 Å². The fraction of sp³-hybridized carbons (Fsp3) is 0.655. The lowest BCUT2D eigenvalue weighted by Gasteiger charge is -2.19. The van der Waals surface area contributed by atoms with Crippen LogP contribution in [-0.2, 0) is 0 Å². The van der Waals surface area contributed by atoms with Gasteiger partial charge in [0.25, 0.3) is 0 Å². The van der Waals surface area contributed by atoms with Gasteiger partial charge in [0, 0.05) is 22.2 Å². The number of unbranched alkanes of at least 4 members (excludes halogenated alkanes) is 24. The highest BCUT2D eigenvalue weighted by Gasteiger charge is 2.23. The summed E-state index contributed by atoms with van der Waals surface area (Å²) < 4.78 is 2.06. The Morgan fingerprint density at radius 1 is 0.344 bits per heavy atom. The maximum absolute atomic E-state index is 5.47. The summed E-state index contributed by atoms with van der Waals surface area (Å²) in [6.07, 6.45) is 51.2. The van der Waals surface area contributed by atoms with E-state index in [1.54, 1.807) is 0 Å². The van der Waals surface area contributed by atoms with Gasteiger partial charge in [0.2, 0.25) is 0 Å². The molecule has 2 aliphatic rings. The zero-order valence-electron chi connectivity index (χ0n) is 41.1. The number of nitrogens with one attached hydrogen (secondary N) is 2. The number of halogens is 2. The molecule has 6 heteroatoms. The fourth-order valence-corrected chi connectivity index (χ4v) is 11.2. The van der Waals surface area contributed by atoms with Crippen molar-refractivity contribution < 1.29 is 0 Å². The van der Waals surface area contributed by atoms with E-state index in [0.29, 0.717) is 11.8 Å². The van der Waals surface area contributed by atoms with E-state index in [-0.39, 0.29) is 0 Å². The van der Waals surface area contributed by atoms with Crippen molar-refractivity contribution in [3.63, 3.8) is 0 Å². The van der Waals surface area contributed by atoms with Crippen LogP contribution in [0.3, 0.4) is 0 Å². The number of aromatic amines is 2. The highest BCUT2D eigenvalue weighted by molar-refractivity contribution is 9.11. The first-order chi connectivity index (χ1) is 31.5. The lowest BCUT2D eigenvalue weighted by molar-refractivity contribution is 0.483. The molecule has 0 amide bonds. The van der Waals surface area contributed by atoms with Gasteiger partial charge in [0.15, 0.2) is 0 Å². The molecule has 3 aromatic heterocycles. The topological polar surface area (TPSA) is 57.4 Å². The molecule has 2 N–H and O–H groups in total. The normalized spacial score (nSPS) is 13.3. The summed E-state index contributed by atoms with van der Waals surface area (Å²) in [7, 11) is 0. The molecule has 2 atom stereocenters. The van der Waals surface area contributed by atoms with Gasteiger partial charge in [-0.25, -0.2) is 9.97 Å². The molecule has 64 heavy (non-hydrogen) atoms. The van der Waals surface area contributed by atoms with Gasteiger partial charge in [-0.3, -0.25) is 0 Å². The second-order valence-corrected chi connectivity index (χ2v) is 21.1. The maximum atomic E-state index is 5.47. The Morgan fingerprint density at radius 2 is 0.609 bits per heavy atom. The van der Waals surface area contributed by atoms with E-state index < -0.39 is 0 Å². The summed E-state index contributed by atoms with van der Waals surface area (Å²) in [5.41, 5.74) is 11.5. The standard InChI is InChI=1S/C58H88Br2N4/c1-5-9-13-17-21-23-27-31-35-45(33-29-25-19-15-11-7-3)55-47-37-41-51(61-47)57(59)53-43-39-49(63-53)56(50-40-44-54(64-50)58(60)52-42-38-48(55)62-52)46(34-30-26-20-16-12-8-4)36-32-28-24-22-18-14-10-6-2/h37-46,61-62H,5-36H2,1-4H3. The molecule has 0 aromatic carbocycles. The summed E-state index contributed by atoms with van der Waals surface area (Å²) in [5, 5.41) is 0. The Labute approximate surface area is 407 Å². The summed E-state index contributed by atoms with van der Waals surface area (Å²) in [6.45, 7) is 9.25. The number of hydrogen-bond acceptors (Lipinski definition) is 2. The molecule has 0 saturated carbocycles. The number of H-pyrrole nitrogens is 2. The monoisotopic (exact) mass is 999 g/mol. The predicted molar refractivity (Wildman–Crippen MR) is 290 cm³/mol. The van der Waals surface area contributed by atoms with Gasteiger partial charge >= 0.3 is 0 Å². The van der Waals surface area contributed by atoms with Gasteiger partial charge in [-0.15, -0.1) is 0 Å². The highest BCUT2D eigenvalue weighted by Crippen LogP contribution is 2.39. The molecule has 5 heterocycles. The van der Waals surface area contributed by atoms with E-state index in [9.17, 15) is 0 Å². The van der Waals surface area contributed by atoms with Crippen LogP contribution in [0.25, 0.3) is 46.4 Å². The molecule has 354 valence electrons. The van der Waals surface area contributed by atoms with Crippen LogP contribution in [0.1, 0.15) is 279 Å². The summed E-state index contributed by atoms with van der Waals surface area (Å²) >= 11 is 8.19. The Bertz CT molecular complexity index is 1900. The van der Waals surface area contributed by atoms with Crippen LogP contribution in [0.4, 0.5) is 0 Å². The molecule has 0 saturated heterocycles. The number of hydrogen-bond donors (Lipinski definition) is 2. The van der Waals surface area contributed by atoms with E-state index in [2.05, 4.69) is 118 Å². The molecule has 8 bridgehead atoms. The van der Waals surface area contributed by atoms with E-state index in [1.807, 2.05) is 0 Å². The molecule has 5 rings (SSSR count). The average molecular weight is 1000 g/mol. The Hall–Kier alpha value is -2.44. The Kier molecular flexibility index (Phi) is 25.3. The van der Waals surface area contributed by atoms with Crippen LogP contribution in [0.2, 0.25) is 0 Å². The number of fused-ring (bicyclic) bond motifs is 8. The van der Waals surface area contributed by atoms with Crippen molar-refractivity contribution in [1.29, 1.82) is 0 Å². The zero-order valence-corrected chi connectivity index (χ0v) is 44.2. The first kappa shape index (κ1) is 52.5. The van der Waals surface area contributed by atoms with Crippen LogP contribution in [-0.4, -0.2) is 19.9 Å². The largest absolute Gasteiger partial charge is 0.354 e. The highest BCUT2D eigenvalue weighted by atomic mass is 79.9. The molecule has 0 aliphatic carbocycles. The van der Waals surface area contributed by atoms with E-state index >= 15 is 0 Å². The smallest absolute Gasteiger partial charge is 0.0800 e. The predicted octanol–water partition coefficient (Wildman–Crippen LogP) is 20.9. The lowest BCUT2D eigenvalue weighted by atomic mass is 9.86. The Balaban J connectivity index is 1.55. The molecule has 0 radical (unpaired) electrons. The maximum Gasteiger partial charge on any atom is 0.0800 e. The van der Waals surface area contributed by atoms with Crippen molar-refractivity contribution in [2.45, 2.75) is 245 Å². The lowest BCUT2D eigenvalue weighted by Crippen LogP contribution is -2.05. The van der Waals surface area contributed by atoms with E-state index in [4.69, 9.17) is 9.97 Å². The van der Waals surface area contributed by atoms with Crippen molar-refractivity contribution >= 4 is 78.2 Å². The molecule has 0 spiro atoms. The van der Waals surface area contributed by atoms with Crippen LogP contribution in [0.5, 0.6) is 0 Å². The fourth-order valence-electron chi connectivity index (χ4n) is 10.3. The minimum atomic E-state index is 0.421. The second-order valence-electron chi connectivity index (χ2n) is 19.5. The van der Waals surface area contributed by atoms with Crippen molar-refractivity contribution in [2.75, 3.05) is 0 Å². The first-order valence-electron chi connectivity index (χ1n) is 27.0. The number of rotatable bonds is 34. The van der Waals surface area contributed by atoms with Gasteiger partial charge in [-0.1, -0.05) is 207 Å². The molecule has 2 aliphatic heterocycles. The van der Waals surface area contributed by atoms with E-state index in [1.165, 1.54) is 228 Å². The summed E-state index contributed by atoms with van der Waals surface area (Å²) in [5.74, 6) is 0.888. The van der Waals surface area contributed by atoms with Crippen LogP contribution in [0.15, 0.2) is 33.2 Å². The molecule has 4 nitrogen and oxygen atoms in total. The molecule has 2 unspecified atom stereocenters. The quantitative estimate of drug-likeness (QED) is 0.0404. The van der Waals surface area contributed by atoms with Gasteiger partial charge in [-0.2, -0.15) is 0 Å².